The molecule has 0 radical (unpaired) electrons. The molecule has 0 unspecified atom stereocenters. The molecule has 7 nitrogen and oxygen atoms in total. The van der Waals surface area contributed by atoms with Gasteiger partial charge in [0.05, 0.1) is 0 Å². The van der Waals surface area contributed by atoms with Gasteiger partial charge in [0.2, 0.25) is 17.5 Å². The number of nitriles is 1. The minimum absolute atomic E-state index is 0.00361. The smallest absolute Gasteiger partial charge is 0.260 e. The molecule has 0 spiro atoms. The maximum absolute atomic E-state index is 12.5. The number of aromatic nitrogens is 1. The molecule has 0 bridgehead atoms. The summed E-state index contributed by atoms with van der Waals surface area (Å²) in [6, 6.07) is 19.6. The number of hydrogen-bond donors (Lipinski definition) is 0. The van der Waals surface area contributed by atoms with Gasteiger partial charge in [-0.05, 0) is 36.3 Å². The van der Waals surface area contributed by atoms with Crippen LogP contribution in [0.25, 0.3) is 12.2 Å². The zero-order valence-electron chi connectivity index (χ0n) is 17.9. The molecule has 1 aliphatic rings. The van der Waals surface area contributed by atoms with Gasteiger partial charge in [-0.1, -0.05) is 42.5 Å². The number of carbonyl (C=O) groups excluding carboxylic acids is 1. The normalized spacial score (nSPS) is 13.9. The van der Waals surface area contributed by atoms with Gasteiger partial charge in [-0.2, -0.15) is 10.2 Å². The van der Waals surface area contributed by atoms with Crippen LogP contribution < -0.4 is 9.64 Å². The molecule has 3 aromatic rings. The van der Waals surface area contributed by atoms with E-state index in [9.17, 15) is 10.1 Å². The molecular weight excluding hydrogens is 404 g/mol. The lowest BCUT2D eigenvalue weighted by molar-refractivity contribution is -0.133. The molecule has 7 heteroatoms. The second kappa shape index (κ2) is 9.84. The SMILES string of the molecule is Cc1cccc(OCC(=O)N2CCN(c3oc(/C=C/c4ccccc4)nc3C#N)CC2)c1. The quantitative estimate of drug-likeness (QED) is 0.595. The van der Waals surface area contributed by atoms with Gasteiger partial charge < -0.3 is 19.0 Å². The Morgan fingerprint density at radius 1 is 1.12 bits per heavy atom. The predicted octanol–water partition coefficient (Wildman–Crippen LogP) is 3.75. The Morgan fingerprint density at radius 3 is 2.62 bits per heavy atom. The first-order valence-electron chi connectivity index (χ1n) is 10.5. The third-order valence-corrected chi connectivity index (χ3v) is 5.22. The van der Waals surface area contributed by atoms with Crippen LogP contribution in [-0.4, -0.2) is 48.6 Å². The Kier molecular flexibility index (Phi) is 6.52. The molecule has 1 fully saturated rings. The number of carbonyl (C=O) groups is 1. The zero-order valence-corrected chi connectivity index (χ0v) is 17.9. The van der Waals surface area contributed by atoms with Gasteiger partial charge in [-0.25, -0.2) is 0 Å². The Bertz CT molecular complexity index is 1140. The number of rotatable bonds is 6. The summed E-state index contributed by atoms with van der Waals surface area (Å²) in [5.74, 6) is 1.46. The second-order valence-electron chi connectivity index (χ2n) is 7.53. The molecule has 4 rings (SSSR count). The first kappa shape index (κ1) is 21.2. The summed E-state index contributed by atoms with van der Waals surface area (Å²) in [6.45, 7) is 4.15. The van der Waals surface area contributed by atoms with Crippen LogP contribution in [0.5, 0.6) is 5.75 Å². The van der Waals surface area contributed by atoms with Crippen molar-refractivity contribution in [1.29, 1.82) is 5.26 Å². The molecule has 2 aromatic carbocycles. The number of amides is 1. The molecular formula is C25H24N4O3. The van der Waals surface area contributed by atoms with E-state index in [1.807, 2.05) is 72.5 Å². The van der Waals surface area contributed by atoms with Gasteiger partial charge in [0, 0.05) is 32.3 Å². The zero-order chi connectivity index (χ0) is 22.3. The molecule has 0 saturated carbocycles. The maximum atomic E-state index is 12.5. The number of anilines is 1. The number of piperazine rings is 1. The molecule has 0 N–H and O–H groups in total. The van der Waals surface area contributed by atoms with Gasteiger partial charge in [0.1, 0.15) is 11.8 Å². The van der Waals surface area contributed by atoms with Crippen LogP contribution in [0.2, 0.25) is 0 Å². The molecule has 1 amide bonds. The van der Waals surface area contributed by atoms with E-state index < -0.39 is 0 Å². The molecule has 0 atom stereocenters. The van der Waals surface area contributed by atoms with Gasteiger partial charge in [-0.15, -0.1) is 0 Å². The van der Waals surface area contributed by atoms with E-state index in [4.69, 9.17) is 9.15 Å². The highest BCUT2D eigenvalue weighted by Crippen LogP contribution is 2.24. The minimum Gasteiger partial charge on any atom is -0.484 e. The summed E-state index contributed by atoms with van der Waals surface area (Å²) >= 11 is 0. The van der Waals surface area contributed by atoms with E-state index in [1.165, 1.54) is 0 Å². The maximum Gasteiger partial charge on any atom is 0.260 e. The largest absolute Gasteiger partial charge is 0.484 e. The molecule has 0 aliphatic carbocycles. The minimum atomic E-state index is -0.0595. The summed E-state index contributed by atoms with van der Waals surface area (Å²) in [7, 11) is 0. The van der Waals surface area contributed by atoms with Crippen molar-refractivity contribution in [2.75, 3.05) is 37.7 Å². The molecule has 162 valence electrons. The van der Waals surface area contributed by atoms with Gasteiger partial charge in [0.15, 0.2) is 6.61 Å². The highest BCUT2D eigenvalue weighted by Gasteiger charge is 2.26. The number of ether oxygens (including phenoxy) is 1. The number of nitrogens with zero attached hydrogens (tertiary/aromatic N) is 4. The van der Waals surface area contributed by atoms with Crippen molar-refractivity contribution in [3.05, 3.63) is 77.3 Å². The van der Waals surface area contributed by atoms with Crippen molar-refractivity contribution in [1.82, 2.24) is 9.88 Å². The van der Waals surface area contributed by atoms with Crippen LogP contribution in [0.4, 0.5) is 5.88 Å². The summed E-state index contributed by atoms with van der Waals surface area (Å²) in [5.41, 5.74) is 2.35. The third-order valence-electron chi connectivity index (χ3n) is 5.22. The van der Waals surface area contributed by atoms with Crippen molar-refractivity contribution < 1.29 is 13.9 Å². The summed E-state index contributed by atoms with van der Waals surface area (Å²) < 4.78 is 11.5. The number of aryl methyl sites for hydroxylation is 1. The molecule has 1 aliphatic heterocycles. The van der Waals surface area contributed by atoms with Crippen molar-refractivity contribution >= 4 is 23.9 Å². The van der Waals surface area contributed by atoms with Crippen LogP contribution >= 0.6 is 0 Å². The van der Waals surface area contributed by atoms with Gasteiger partial charge >= 0.3 is 0 Å². The van der Waals surface area contributed by atoms with Crippen LogP contribution in [-0.2, 0) is 4.79 Å². The average Bonchev–Trinajstić information content (AvgIpc) is 3.25. The lowest BCUT2D eigenvalue weighted by Crippen LogP contribution is -2.50. The molecule has 1 saturated heterocycles. The summed E-state index contributed by atoms with van der Waals surface area (Å²) in [6.07, 6.45) is 3.64. The van der Waals surface area contributed by atoms with Crippen molar-refractivity contribution in [3.63, 3.8) is 0 Å². The van der Waals surface area contributed by atoms with Crippen molar-refractivity contribution in [2.24, 2.45) is 0 Å². The summed E-state index contributed by atoms with van der Waals surface area (Å²) in [4.78, 5) is 20.5. The molecule has 32 heavy (non-hydrogen) atoms. The lowest BCUT2D eigenvalue weighted by atomic mass is 10.2. The fraction of sp³-hybridized carbons (Fsp3) is 0.240. The van der Waals surface area contributed by atoms with E-state index in [-0.39, 0.29) is 18.2 Å². The average molecular weight is 428 g/mol. The van der Waals surface area contributed by atoms with Crippen LogP contribution in [0.3, 0.4) is 0 Å². The van der Waals surface area contributed by atoms with Crippen molar-refractivity contribution in [3.8, 4) is 11.8 Å². The van der Waals surface area contributed by atoms with E-state index in [0.717, 1.165) is 11.1 Å². The number of hydrogen-bond acceptors (Lipinski definition) is 6. The second-order valence-corrected chi connectivity index (χ2v) is 7.53. The van der Waals surface area contributed by atoms with E-state index >= 15 is 0 Å². The Labute approximate surface area is 187 Å². The Morgan fingerprint density at radius 2 is 1.91 bits per heavy atom. The number of benzene rings is 2. The van der Waals surface area contributed by atoms with Crippen LogP contribution in [0, 0.1) is 18.3 Å². The third kappa shape index (κ3) is 5.16. The van der Waals surface area contributed by atoms with Crippen LogP contribution in [0.1, 0.15) is 22.7 Å². The van der Waals surface area contributed by atoms with E-state index in [2.05, 4.69) is 11.1 Å². The first-order valence-corrected chi connectivity index (χ1v) is 10.5. The topological polar surface area (TPSA) is 82.6 Å². The lowest BCUT2D eigenvalue weighted by Gasteiger charge is -2.34. The first-order chi connectivity index (χ1) is 15.6. The fourth-order valence-electron chi connectivity index (χ4n) is 3.52. The molecule has 1 aromatic heterocycles. The van der Waals surface area contributed by atoms with E-state index in [1.54, 1.807) is 11.0 Å². The highest BCUT2D eigenvalue weighted by atomic mass is 16.5. The summed E-state index contributed by atoms with van der Waals surface area (Å²) in [5, 5.41) is 9.48. The molecule has 2 heterocycles. The highest BCUT2D eigenvalue weighted by molar-refractivity contribution is 5.78. The predicted molar refractivity (Wildman–Crippen MR) is 122 cm³/mol. The van der Waals surface area contributed by atoms with E-state index in [0.29, 0.717) is 43.7 Å². The van der Waals surface area contributed by atoms with Gasteiger partial charge in [-0.3, -0.25) is 4.79 Å². The fourth-order valence-corrected chi connectivity index (χ4v) is 3.52. The standard InChI is InChI=1S/C25H24N4O3/c1-19-6-5-9-21(16-19)31-18-24(30)28-12-14-29(15-13-28)25-22(17-26)27-23(32-25)11-10-20-7-3-2-4-8-20/h2-11,16H,12-15,18H2,1H3/b11-10+. The Balaban J connectivity index is 1.34. The monoisotopic (exact) mass is 428 g/mol. The van der Waals surface area contributed by atoms with Gasteiger partial charge in [0.25, 0.3) is 5.91 Å². The van der Waals surface area contributed by atoms with Crippen LogP contribution in [0.15, 0.2) is 59.0 Å². The number of oxazole rings is 1. The Hall–Kier alpha value is -4.05. The van der Waals surface area contributed by atoms with Crippen molar-refractivity contribution in [2.45, 2.75) is 6.92 Å².